The fourth-order valence-corrected chi connectivity index (χ4v) is 2.14. The zero-order valence-electron chi connectivity index (χ0n) is 7.93. The summed E-state index contributed by atoms with van der Waals surface area (Å²) in [6.45, 7) is 6.79. The molecular formula is C10H20O. The van der Waals surface area contributed by atoms with Gasteiger partial charge in [0.25, 0.3) is 0 Å². The van der Waals surface area contributed by atoms with E-state index in [2.05, 4.69) is 20.8 Å². The average Bonchev–Trinajstić information content (AvgIpc) is 1.94. The van der Waals surface area contributed by atoms with Crippen LogP contribution in [-0.4, -0.2) is 11.2 Å². The summed E-state index contributed by atoms with van der Waals surface area (Å²) in [5.41, 5.74) is 0.472. The fraction of sp³-hybridized carbons (Fsp3) is 1.00. The molecule has 0 bridgehead atoms. The van der Waals surface area contributed by atoms with E-state index in [4.69, 9.17) is 0 Å². The van der Waals surface area contributed by atoms with Gasteiger partial charge in [0.05, 0.1) is 6.10 Å². The van der Waals surface area contributed by atoms with Crippen LogP contribution in [0.4, 0.5) is 0 Å². The van der Waals surface area contributed by atoms with Gasteiger partial charge in [-0.3, -0.25) is 0 Å². The second kappa shape index (κ2) is 3.14. The molecule has 0 unspecified atom stereocenters. The summed E-state index contributed by atoms with van der Waals surface area (Å²) in [7, 11) is 0. The van der Waals surface area contributed by atoms with Crippen LogP contribution >= 0.6 is 0 Å². The SMILES string of the molecule is CC[C@H]1CC(C)(C)CC[C@@H]1O. The normalized spacial score (nSPS) is 37.1. The van der Waals surface area contributed by atoms with Gasteiger partial charge in [-0.05, 0) is 30.6 Å². The minimum absolute atomic E-state index is 0.0203. The highest BCUT2D eigenvalue weighted by Gasteiger charge is 2.32. The Morgan fingerprint density at radius 3 is 2.55 bits per heavy atom. The maximum Gasteiger partial charge on any atom is 0.0568 e. The molecule has 0 saturated heterocycles. The summed E-state index contributed by atoms with van der Waals surface area (Å²) in [6, 6.07) is 0. The van der Waals surface area contributed by atoms with Gasteiger partial charge in [0.2, 0.25) is 0 Å². The molecule has 66 valence electrons. The van der Waals surface area contributed by atoms with E-state index in [9.17, 15) is 5.11 Å². The van der Waals surface area contributed by atoms with E-state index >= 15 is 0 Å². The summed E-state index contributed by atoms with van der Waals surface area (Å²) in [4.78, 5) is 0. The summed E-state index contributed by atoms with van der Waals surface area (Å²) >= 11 is 0. The second-order valence-electron chi connectivity index (χ2n) is 4.64. The van der Waals surface area contributed by atoms with Crippen molar-refractivity contribution in [1.29, 1.82) is 0 Å². The molecule has 1 aliphatic carbocycles. The molecule has 0 amide bonds. The van der Waals surface area contributed by atoms with Crippen molar-refractivity contribution >= 4 is 0 Å². The molecule has 0 aromatic rings. The Balaban J connectivity index is 2.51. The lowest BCUT2D eigenvalue weighted by molar-refractivity contribution is 0.0200. The summed E-state index contributed by atoms with van der Waals surface area (Å²) < 4.78 is 0. The van der Waals surface area contributed by atoms with Crippen molar-refractivity contribution in [3.63, 3.8) is 0 Å². The third-order valence-corrected chi connectivity index (χ3v) is 3.00. The Labute approximate surface area is 69.8 Å². The lowest BCUT2D eigenvalue weighted by Crippen LogP contribution is -2.32. The van der Waals surface area contributed by atoms with Crippen molar-refractivity contribution in [2.24, 2.45) is 11.3 Å². The van der Waals surface area contributed by atoms with Gasteiger partial charge < -0.3 is 5.11 Å². The van der Waals surface area contributed by atoms with Crippen molar-refractivity contribution in [2.45, 2.75) is 52.6 Å². The lowest BCUT2D eigenvalue weighted by Gasteiger charge is -2.38. The van der Waals surface area contributed by atoms with E-state index < -0.39 is 0 Å². The molecule has 0 aromatic heterocycles. The molecule has 0 aliphatic heterocycles. The Kier molecular flexibility index (Phi) is 2.58. The van der Waals surface area contributed by atoms with Crippen molar-refractivity contribution in [2.75, 3.05) is 0 Å². The highest BCUT2D eigenvalue weighted by Crippen LogP contribution is 2.39. The number of aliphatic hydroxyl groups excluding tert-OH is 1. The van der Waals surface area contributed by atoms with E-state index in [0.29, 0.717) is 11.3 Å². The van der Waals surface area contributed by atoms with Crippen LogP contribution in [0.3, 0.4) is 0 Å². The molecule has 2 atom stereocenters. The zero-order valence-corrected chi connectivity index (χ0v) is 7.93. The van der Waals surface area contributed by atoms with Crippen LogP contribution in [0.25, 0.3) is 0 Å². The van der Waals surface area contributed by atoms with Gasteiger partial charge in [-0.2, -0.15) is 0 Å². The zero-order chi connectivity index (χ0) is 8.48. The third kappa shape index (κ3) is 2.19. The largest absolute Gasteiger partial charge is 0.393 e. The number of aliphatic hydroxyl groups is 1. The Morgan fingerprint density at radius 1 is 1.45 bits per heavy atom. The first kappa shape index (κ1) is 9.05. The quantitative estimate of drug-likeness (QED) is 0.618. The molecule has 1 rings (SSSR count). The van der Waals surface area contributed by atoms with Crippen LogP contribution < -0.4 is 0 Å². The molecule has 1 saturated carbocycles. The molecule has 1 N–H and O–H groups in total. The Hall–Kier alpha value is -0.0400. The van der Waals surface area contributed by atoms with Gasteiger partial charge in [-0.1, -0.05) is 27.2 Å². The molecule has 0 spiro atoms. The first-order valence-corrected chi connectivity index (χ1v) is 4.73. The summed E-state index contributed by atoms with van der Waals surface area (Å²) in [6.07, 6.45) is 4.50. The predicted molar refractivity (Wildman–Crippen MR) is 47.4 cm³/mol. The minimum Gasteiger partial charge on any atom is -0.393 e. The van der Waals surface area contributed by atoms with E-state index in [1.807, 2.05) is 0 Å². The van der Waals surface area contributed by atoms with Crippen molar-refractivity contribution in [3.05, 3.63) is 0 Å². The van der Waals surface area contributed by atoms with Gasteiger partial charge in [0.1, 0.15) is 0 Å². The number of hydrogen-bond acceptors (Lipinski definition) is 1. The summed E-state index contributed by atoms with van der Waals surface area (Å²) in [5.74, 6) is 0.554. The highest BCUT2D eigenvalue weighted by molar-refractivity contribution is 4.83. The molecule has 0 radical (unpaired) electrons. The molecular weight excluding hydrogens is 136 g/mol. The lowest BCUT2D eigenvalue weighted by atomic mass is 9.70. The van der Waals surface area contributed by atoms with Crippen LogP contribution in [0.15, 0.2) is 0 Å². The molecule has 1 nitrogen and oxygen atoms in total. The van der Waals surface area contributed by atoms with Gasteiger partial charge in [0, 0.05) is 0 Å². The van der Waals surface area contributed by atoms with E-state index in [1.54, 1.807) is 0 Å². The van der Waals surface area contributed by atoms with Crippen LogP contribution in [0.2, 0.25) is 0 Å². The number of hydrogen-bond donors (Lipinski definition) is 1. The number of rotatable bonds is 1. The maximum absolute atomic E-state index is 9.60. The monoisotopic (exact) mass is 156 g/mol. The first-order valence-electron chi connectivity index (χ1n) is 4.73. The maximum atomic E-state index is 9.60. The van der Waals surface area contributed by atoms with E-state index in [1.165, 1.54) is 12.8 Å². The second-order valence-corrected chi connectivity index (χ2v) is 4.64. The Morgan fingerprint density at radius 2 is 2.09 bits per heavy atom. The highest BCUT2D eigenvalue weighted by atomic mass is 16.3. The molecule has 11 heavy (non-hydrogen) atoms. The van der Waals surface area contributed by atoms with Crippen molar-refractivity contribution < 1.29 is 5.11 Å². The van der Waals surface area contributed by atoms with Crippen LogP contribution in [-0.2, 0) is 0 Å². The Bertz CT molecular complexity index is 129. The van der Waals surface area contributed by atoms with Crippen LogP contribution in [0.1, 0.15) is 46.5 Å². The van der Waals surface area contributed by atoms with Crippen LogP contribution in [0.5, 0.6) is 0 Å². The third-order valence-electron chi connectivity index (χ3n) is 3.00. The van der Waals surface area contributed by atoms with Crippen molar-refractivity contribution in [1.82, 2.24) is 0 Å². The fourth-order valence-electron chi connectivity index (χ4n) is 2.14. The first-order chi connectivity index (χ1) is 5.05. The van der Waals surface area contributed by atoms with Gasteiger partial charge >= 0.3 is 0 Å². The average molecular weight is 156 g/mol. The van der Waals surface area contributed by atoms with E-state index in [0.717, 1.165) is 12.8 Å². The molecule has 0 aromatic carbocycles. The minimum atomic E-state index is -0.0203. The summed E-state index contributed by atoms with van der Waals surface area (Å²) in [5, 5.41) is 9.60. The van der Waals surface area contributed by atoms with E-state index in [-0.39, 0.29) is 6.10 Å². The topological polar surface area (TPSA) is 20.2 Å². The molecule has 1 aliphatic rings. The van der Waals surface area contributed by atoms with Gasteiger partial charge in [0.15, 0.2) is 0 Å². The van der Waals surface area contributed by atoms with Gasteiger partial charge in [-0.15, -0.1) is 0 Å². The van der Waals surface area contributed by atoms with Crippen LogP contribution in [0, 0.1) is 11.3 Å². The van der Waals surface area contributed by atoms with Gasteiger partial charge in [-0.25, -0.2) is 0 Å². The smallest absolute Gasteiger partial charge is 0.0568 e. The standard InChI is InChI=1S/C10H20O/c1-4-8-7-10(2,3)6-5-9(8)11/h8-9,11H,4-7H2,1-3H3/t8-,9-/m0/s1. The molecule has 0 heterocycles. The van der Waals surface area contributed by atoms with Crippen molar-refractivity contribution in [3.8, 4) is 0 Å². The molecule has 1 heteroatoms. The molecule has 1 fully saturated rings. The predicted octanol–water partition coefficient (Wildman–Crippen LogP) is 2.58.